The Morgan fingerprint density at radius 2 is 2.00 bits per heavy atom. The minimum atomic E-state index is -0.935. The third-order valence-electron chi connectivity index (χ3n) is 2.86. The number of likely N-dealkylation sites (N-methyl/N-ethyl adjacent to an activating group) is 1. The van der Waals surface area contributed by atoms with Crippen molar-refractivity contribution in [2.75, 3.05) is 19.7 Å². The Bertz CT molecular complexity index is 525. The lowest BCUT2D eigenvalue weighted by Crippen LogP contribution is -2.35. The third-order valence-corrected chi connectivity index (χ3v) is 2.86. The predicted octanol–water partition coefficient (Wildman–Crippen LogP) is 2.12. The molecule has 1 aromatic carbocycles. The van der Waals surface area contributed by atoms with E-state index in [0.717, 1.165) is 5.57 Å². The summed E-state index contributed by atoms with van der Waals surface area (Å²) in [7, 11) is 0. The van der Waals surface area contributed by atoms with Gasteiger partial charge < -0.3 is 14.7 Å². The van der Waals surface area contributed by atoms with Crippen molar-refractivity contribution in [2.24, 2.45) is 0 Å². The molecule has 0 bridgehead atoms. The fourth-order valence-corrected chi connectivity index (χ4v) is 1.89. The van der Waals surface area contributed by atoms with Crippen LogP contribution in [-0.2, 0) is 16.0 Å². The summed E-state index contributed by atoms with van der Waals surface area (Å²) in [5.41, 5.74) is 1.46. The number of ether oxygens (including phenoxy) is 1. The van der Waals surface area contributed by atoms with Crippen molar-refractivity contribution in [1.29, 1.82) is 0 Å². The number of carboxylic acids is 1. The molecule has 0 spiro atoms. The molecular weight excluding hydrogens is 270 g/mol. The van der Waals surface area contributed by atoms with Crippen LogP contribution in [0.4, 0.5) is 0 Å². The molecule has 0 aliphatic rings. The van der Waals surface area contributed by atoms with E-state index in [1.807, 2.05) is 13.8 Å². The van der Waals surface area contributed by atoms with Gasteiger partial charge in [0.05, 0.1) is 6.42 Å². The van der Waals surface area contributed by atoms with Crippen LogP contribution in [0.2, 0.25) is 0 Å². The van der Waals surface area contributed by atoms with Gasteiger partial charge in [0, 0.05) is 18.7 Å². The van der Waals surface area contributed by atoms with Crippen LogP contribution >= 0.6 is 0 Å². The molecule has 1 rings (SSSR count). The van der Waals surface area contributed by atoms with Gasteiger partial charge in [-0.25, -0.2) is 0 Å². The quantitative estimate of drug-likeness (QED) is 0.745. The number of hydrogen-bond acceptors (Lipinski definition) is 3. The highest BCUT2D eigenvalue weighted by atomic mass is 16.5. The number of aliphatic carboxylic acids is 1. The van der Waals surface area contributed by atoms with Crippen molar-refractivity contribution in [3.8, 4) is 5.75 Å². The minimum absolute atomic E-state index is 0.113. The Morgan fingerprint density at radius 1 is 1.33 bits per heavy atom. The van der Waals surface area contributed by atoms with Crippen LogP contribution in [0.25, 0.3) is 0 Å². The van der Waals surface area contributed by atoms with Gasteiger partial charge in [0.2, 0.25) is 0 Å². The maximum Gasteiger partial charge on any atom is 0.307 e. The van der Waals surface area contributed by atoms with Crippen molar-refractivity contribution < 1.29 is 19.4 Å². The number of nitrogens with zero attached hydrogens (tertiary/aromatic N) is 1. The Hall–Kier alpha value is -2.30. The number of rotatable bonds is 8. The van der Waals surface area contributed by atoms with Crippen LogP contribution in [0.1, 0.15) is 19.4 Å². The van der Waals surface area contributed by atoms with Crippen molar-refractivity contribution >= 4 is 11.9 Å². The first-order valence-corrected chi connectivity index (χ1v) is 6.78. The molecule has 0 heterocycles. The molecule has 1 N–H and O–H groups in total. The van der Waals surface area contributed by atoms with Crippen LogP contribution in [0, 0.1) is 0 Å². The fraction of sp³-hybridized carbons (Fsp3) is 0.375. The zero-order chi connectivity index (χ0) is 15.8. The van der Waals surface area contributed by atoms with E-state index in [1.165, 1.54) is 0 Å². The fourth-order valence-electron chi connectivity index (χ4n) is 1.89. The average Bonchev–Trinajstić information content (AvgIpc) is 2.42. The molecule has 0 fully saturated rings. The molecule has 1 aromatic rings. The van der Waals surface area contributed by atoms with Gasteiger partial charge in [0.25, 0.3) is 5.91 Å². The Labute approximate surface area is 124 Å². The van der Waals surface area contributed by atoms with Crippen molar-refractivity contribution in [3.63, 3.8) is 0 Å². The second-order valence-electron chi connectivity index (χ2n) is 4.83. The number of para-hydroxylation sites is 1. The molecule has 0 saturated carbocycles. The first-order chi connectivity index (χ1) is 9.93. The number of carbonyl (C=O) groups excluding carboxylic acids is 1. The highest BCUT2D eigenvalue weighted by molar-refractivity contribution is 5.78. The summed E-state index contributed by atoms with van der Waals surface area (Å²) in [5, 5.41) is 8.85. The molecule has 0 aliphatic carbocycles. The van der Waals surface area contributed by atoms with E-state index in [0.29, 0.717) is 24.4 Å². The van der Waals surface area contributed by atoms with Crippen molar-refractivity contribution in [3.05, 3.63) is 42.0 Å². The zero-order valence-corrected chi connectivity index (χ0v) is 12.5. The van der Waals surface area contributed by atoms with Gasteiger partial charge in [-0.05, 0) is 19.9 Å². The maximum absolute atomic E-state index is 12.1. The van der Waals surface area contributed by atoms with E-state index < -0.39 is 5.97 Å². The zero-order valence-electron chi connectivity index (χ0n) is 12.5. The lowest BCUT2D eigenvalue weighted by Gasteiger charge is -2.21. The third kappa shape index (κ3) is 5.69. The molecule has 0 radical (unpaired) electrons. The van der Waals surface area contributed by atoms with Crippen LogP contribution in [0.5, 0.6) is 5.75 Å². The van der Waals surface area contributed by atoms with Crippen molar-refractivity contribution in [2.45, 2.75) is 20.3 Å². The van der Waals surface area contributed by atoms with Gasteiger partial charge in [-0.2, -0.15) is 0 Å². The van der Waals surface area contributed by atoms with E-state index >= 15 is 0 Å². The van der Waals surface area contributed by atoms with Crippen LogP contribution in [-0.4, -0.2) is 41.6 Å². The van der Waals surface area contributed by atoms with E-state index in [4.69, 9.17) is 9.84 Å². The monoisotopic (exact) mass is 291 g/mol. The molecule has 0 aliphatic heterocycles. The largest absolute Gasteiger partial charge is 0.483 e. The minimum Gasteiger partial charge on any atom is -0.483 e. The van der Waals surface area contributed by atoms with E-state index in [-0.39, 0.29) is 18.9 Å². The smallest absolute Gasteiger partial charge is 0.307 e. The standard InChI is InChI=1S/C16H21NO4/c1-4-17(10-12(2)3)15(18)11-21-14-8-6-5-7-13(14)9-16(19)20/h5-8H,2,4,9-11H2,1,3H3,(H,19,20). The number of hydrogen-bond donors (Lipinski definition) is 1. The lowest BCUT2D eigenvalue weighted by atomic mass is 10.1. The first-order valence-electron chi connectivity index (χ1n) is 6.78. The van der Waals surface area contributed by atoms with Crippen LogP contribution in [0.15, 0.2) is 36.4 Å². The SMILES string of the molecule is C=C(C)CN(CC)C(=O)COc1ccccc1CC(=O)O. The number of benzene rings is 1. The number of carboxylic acid groups (broad SMARTS) is 1. The number of carbonyl (C=O) groups is 2. The summed E-state index contributed by atoms with van der Waals surface area (Å²) in [5.74, 6) is -0.653. The molecule has 0 aromatic heterocycles. The highest BCUT2D eigenvalue weighted by Gasteiger charge is 2.14. The van der Waals surface area contributed by atoms with Gasteiger partial charge >= 0.3 is 5.97 Å². The Morgan fingerprint density at radius 3 is 2.57 bits per heavy atom. The molecule has 114 valence electrons. The summed E-state index contributed by atoms with van der Waals surface area (Å²) in [6.07, 6.45) is -0.131. The second kappa shape index (κ2) is 8.09. The topological polar surface area (TPSA) is 66.8 Å². The Kier molecular flexibility index (Phi) is 6.46. The van der Waals surface area contributed by atoms with Crippen LogP contribution in [0.3, 0.4) is 0 Å². The summed E-state index contributed by atoms with van der Waals surface area (Å²) < 4.78 is 5.48. The van der Waals surface area contributed by atoms with Crippen LogP contribution < -0.4 is 4.74 Å². The summed E-state index contributed by atoms with van der Waals surface area (Å²) in [6, 6.07) is 6.84. The van der Waals surface area contributed by atoms with Gasteiger partial charge in [0.1, 0.15) is 5.75 Å². The maximum atomic E-state index is 12.1. The molecule has 0 unspecified atom stereocenters. The second-order valence-corrected chi connectivity index (χ2v) is 4.83. The molecular formula is C16H21NO4. The van der Waals surface area contributed by atoms with Gasteiger partial charge in [-0.15, -0.1) is 0 Å². The summed E-state index contributed by atoms with van der Waals surface area (Å²) in [6.45, 7) is 8.50. The molecule has 0 atom stereocenters. The van der Waals surface area contributed by atoms with Gasteiger partial charge in [-0.1, -0.05) is 30.4 Å². The van der Waals surface area contributed by atoms with Gasteiger partial charge in [-0.3, -0.25) is 9.59 Å². The molecule has 5 heteroatoms. The van der Waals surface area contributed by atoms with Crippen molar-refractivity contribution in [1.82, 2.24) is 4.90 Å². The molecule has 0 saturated heterocycles. The lowest BCUT2D eigenvalue weighted by molar-refractivity contribution is -0.136. The number of amides is 1. The molecule has 21 heavy (non-hydrogen) atoms. The summed E-state index contributed by atoms with van der Waals surface area (Å²) in [4.78, 5) is 24.5. The van der Waals surface area contributed by atoms with E-state index in [2.05, 4.69) is 6.58 Å². The normalized spacial score (nSPS) is 10.0. The van der Waals surface area contributed by atoms with E-state index in [1.54, 1.807) is 29.2 Å². The average molecular weight is 291 g/mol. The first kappa shape index (κ1) is 16.8. The van der Waals surface area contributed by atoms with Gasteiger partial charge in [0.15, 0.2) is 6.61 Å². The predicted molar refractivity (Wildman–Crippen MR) is 80.3 cm³/mol. The Balaban J connectivity index is 2.68. The summed E-state index contributed by atoms with van der Waals surface area (Å²) >= 11 is 0. The molecule has 5 nitrogen and oxygen atoms in total. The highest BCUT2D eigenvalue weighted by Crippen LogP contribution is 2.18. The molecule has 1 amide bonds. The van der Waals surface area contributed by atoms with E-state index in [9.17, 15) is 9.59 Å².